The van der Waals surface area contributed by atoms with Gasteiger partial charge in [-0.05, 0) is 30.5 Å². The van der Waals surface area contributed by atoms with Crippen molar-refractivity contribution in [3.05, 3.63) is 21.9 Å². The van der Waals surface area contributed by atoms with Crippen molar-refractivity contribution < 1.29 is 0 Å². The van der Waals surface area contributed by atoms with E-state index < -0.39 is 0 Å². The first-order valence-electron chi connectivity index (χ1n) is 4.73. The Hall–Kier alpha value is -0.380. The average molecular weight is 198 g/mol. The fourth-order valence-electron chi connectivity index (χ4n) is 1.34. The maximum Gasteiger partial charge on any atom is 0.0180 e. The molecule has 0 aliphatic carbocycles. The van der Waals surface area contributed by atoms with E-state index in [0.29, 0.717) is 5.92 Å². The summed E-state index contributed by atoms with van der Waals surface area (Å²) in [7, 11) is 1.97. The molecule has 0 aromatic carbocycles. The van der Waals surface area contributed by atoms with Gasteiger partial charge in [0.2, 0.25) is 0 Å². The summed E-state index contributed by atoms with van der Waals surface area (Å²) in [5.74, 6) is 0.482. The first kappa shape index (κ1) is 10.7. The quantitative estimate of drug-likeness (QED) is 0.754. The Morgan fingerprint density at radius 1 is 1.62 bits per heavy atom. The maximum absolute atomic E-state index is 5.71. The van der Waals surface area contributed by atoms with Crippen LogP contribution in [-0.4, -0.2) is 20.1 Å². The van der Waals surface area contributed by atoms with Crippen molar-refractivity contribution in [3.63, 3.8) is 0 Å². The predicted molar refractivity (Wildman–Crippen MR) is 59.4 cm³/mol. The van der Waals surface area contributed by atoms with Gasteiger partial charge >= 0.3 is 0 Å². The minimum atomic E-state index is 0.482. The number of hydrogen-bond donors (Lipinski definition) is 2. The molecule has 3 N–H and O–H groups in total. The highest BCUT2D eigenvalue weighted by atomic mass is 32.1. The standard InChI is InChI=1S/C10H18N2S/c1-3-8-4-10(13-7-8)9(5-11)6-12-2/h4,7,9,12H,3,5-6,11H2,1-2H3. The van der Waals surface area contributed by atoms with Crippen LogP contribution >= 0.6 is 11.3 Å². The molecule has 1 rings (SSSR count). The van der Waals surface area contributed by atoms with Gasteiger partial charge in [-0.1, -0.05) is 6.92 Å². The monoisotopic (exact) mass is 198 g/mol. The first-order chi connectivity index (χ1) is 6.31. The summed E-state index contributed by atoms with van der Waals surface area (Å²) in [5, 5.41) is 5.40. The number of nitrogens with two attached hydrogens (primary N) is 1. The third-order valence-electron chi connectivity index (χ3n) is 2.22. The van der Waals surface area contributed by atoms with E-state index >= 15 is 0 Å². The fourth-order valence-corrected chi connectivity index (χ4v) is 2.45. The smallest absolute Gasteiger partial charge is 0.0180 e. The predicted octanol–water partition coefficient (Wildman–Crippen LogP) is 1.57. The van der Waals surface area contributed by atoms with E-state index in [9.17, 15) is 0 Å². The van der Waals surface area contributed by atoms with E-state index in [1.807, 2.05) is 18.4 Å². The van der Waals surface area contributed by atoms with Gasteiger partial charge in [-0.25, -0.2) is 0 Å². The van der Waals surface area contributed by atoms with Crippen LogP contribution in [-0.2, 0) is 6.42 Å². The number of thiophene rings is 1. The SMILES string of the molecule is CCc1csc(C(CN)CNC)c1. The topological polar surface area (TPSA) is 38.0 Å². The largest absolute Gasteiger partial charge is 0.330 e. The van der Waals surface area contributed by atoms with Gasteiger partial charge in [0, 0.05) is 23.9 Å². The number of rotatable bonds is 5. The molecule has 0 saturated heterocycles. The van der Waals surface area contributed by atoms with Gasteiger partial charge in [0.15, 0.2) is 0 Å². The lowest BCUT2D eigenvalue weighted by molar-refractivity contribution is 0.646. The summed E-state index contributed by atoms with van der Waals surface area (Å²) in [5.41, 5.74) is 7.13. The lowest BCUT2D eigenvalue weighted by atomic mass is 10.1. The first-order valence-corrected chi connectivity index (χ1v) is 5.61. The molecule has 1 unspecified atom stereocenters. The van der Waals surface area contributed by atoms with Crippen molar-refractivity contribution in [3.8, 4) is 0 Å². The van der Waals surface area contributed by atoms with Crippen LogP contribution in [0.5, 0.6) is 0 Å². The summed E-state index contributed by atoms with van der Waals surface area (Å²) >= 11 is 1.83. The van der Waals surface area contributed by atoms with Gasteiger partial charge in [-0.15, -0.1) is 11.3 Å². The van der Waals surface area contributed by atoms with Crippen molar-refractivity contribution in [1.82, 2.24) is 5.32 Å². The molecule has 0 fully saturated rings. The van der Waals surface area contributed by atoms with Crippen molar-refractivity contribution in [1.29, 1.82) is 0 Å². The minimum absolute atomic E-state index is 0.482. The summed E-state index contributed by atoms with van der Waals surface area (Å²) in [6, 6.07) is 2.28. The molecule has 13 heavy (non-hydrogen) atoms. The Morgan fingerprint density at radius 2 is 2.38 bits per heavy atom. The highest BCUT2D eigenvalue weighted by Gasteiger charge is 2.10. The summed E-state index contributed by atoms with van der Waals surface area (Å²) in [6.07, 6.45) is 1.12. The second-order valence-electron chi connectivity index (χ2n) is 3.20. The normalized spacial score (nSPS) is 13.2. The molecule has 0 saturated carbocycles. The third kappa shape index (κ3) is 2.79. The van der Waals surface area contributed by atoms with Crippen LogP contribution in [0.25, 0.3) is 0 Å². The molecule has 0 aliphatic rings. The van der Waals surface area contributed by atoms with Crippen LogP contribution in [0.3, 0.4) is 0 Å². The number of aryl methyl sites for hydroxylation is 1. The molecule has 0 spiro atoms. The van der Waals surface area contributed by atoms with E-state index in [4.69, 9.17) is 5.73 Å². The van der Waals surface area contributed by atoms with Gasteiger partial charge in [0.05, 0.1) is 0 Å². The Kier molecular flexibility index (Phi) is 4.42. The Morgan fingerprint density at radius 3 is 2.85 bits per heavy atom. The van der Waals surface area contributed by atoms with Gasteiger partial charge < -0.3 is 11.1 Å². The third-order valence-corrected chi connectivity index (χ3v) is 3.36. The lowest BCUT2D eigenvalue weighted by Crippen LogP contribution is -2.23. The molecule has 3 heteroatoms. The maximum atomic E-state index is 5.71. The molecular weight excluding hydrogens is 180 g/mol. The highest BCUT2D eigenvalue weighted by Crippen LogP contribution is 2.23. The summed E-state index contributed by atoms with van der Waals surface area (Å²) in [4.78, 5) is 1.41. The molecule has 1 atom stereocenters. The molecule has 74 valence electrons. The fraction of sp³-hybridized carbons (Fsp3) is 0.600. The minimum Gasteiger partial charge on any atom is -0.330 e. The van der Waals surface area contributed by atoms with Crippen LogP contribution in [0.15, 0.2) is 11.4 Å². The number of likely N-dealkylation sites (N-methyl/N-ethyl adjacent to an activating group) is 1. The van der Waals surface area contributed by atoms with Crippen LogP contribution in [0.2, 0.25) is 0 Å². The van der Waals surface area contributed by atoms with Crippen molar-refractivity contribution in [2.75, 3.05) is 20.1 Å². The van der Waals surface area contributed by atoms with Gasteiger partial charge in [-0.2, -0.15) is 0 Å². The van der Waals surface area contributed by atoms with E-state index in [1.54, 1.807) is 0 Å². The van der Waals surface area contributed by atoms with E-state index in [1.165, 1.54) is 10.4 Å². The van der Waals surface area contributed by atoms with Gasteiger partial charge in [0.25, 0.3) is 0 Å². The van der Waals surface area contributed by atoms with Crippen LogP contribution in [0, 0.1) is 0 Å². The highest BCUT2D eigenvalue weighted by molar-refractivity contribution is 7.10. The Labute approximate surface area is 84.2 Å². The molecule has 0 bridgehead atoms. The van der Waals surface area contributed by atoms with Crippen molar-refractivity contribution in [2.45, 2.75) is 19.3 Å². The molecule has 2 nitrogen and oxygen atoms in total. The lowest BCUT2D eigenvalue weighted by Gasteiger charge is -2.11. The van der Waals surface area contributed by atoms with Crippen LogP contribution in [0.1, 0.15) is 23.3 Å². The summed E-state index contributed by atoms with van der Waals surface area (Å²) < 4.78 is 0. The van der Waals surface area contributed by atoms with Crippen molar-refractivity contribution >= 4 is 11.3 Å². The zero-order chi connectivity index (χ0) is 9.68. The Bertz CT molecular complexity index is 245. The average Bonchev–Trinajstić information content (AvgIpc) is 2.62. The number of hydrogen-bond acceptors (Lipinski definition) is 3. The molecule has 1 aromatic heterocycles. The molecule has 0 radical (unpaired) electrons. The Balaban J connectivity index is 2.67. The second kappa shape index (κ2) is 5.37. The van der Waals surface area contributed by atoms with Gasteiger partial charge in [-0.3, -0.25) is 0 Å². The molecule has 0 aliphatic heterocycles. The van der Waals surface area contributed by atoms with Gasteiger partial charge in [0.1, 0.15) is 0 Å². The van der Waals surface area contributed by atoms with E-state index in [0.717, 1.165) is 19.5 Å². The van der Waals surface area contributed by atoms with Crippen LogP contribution in [0.4, 0.5) is 0 Å². The molecule has 0 amide bonds. The molecule has 1 aromatic rings. The second-order valence-corrected chi connectivity index (χ2v) is 4.14. The van der Waals surface area contributed by atoms with Crippen LogP contribution < -0.4 is 11.1 Å². The van der Waals surface area contributed by atoms with E-state index in [2.05, 4.69) is 23.7 Å². The summed E-state index contributed by atoms with van der Waals surface area (Å²) in [6.45, 7) is 3.88. The van der Waals surface area contributed by atoms with E-state index in [-0.39, 0.29) is 0 Å². The number of nitrogens with one attached hydrogen (secondary N) is 1. The van der Waals surface area contributed by atoms with Crippen molar-refractivity contribution in [2.24, 2.45) is 5.73 Å². The zero-order valence-electron chi connectivity index (χ0n) is 8.34. The molecular formula is C10H18N2S. The molecule has 1 heterocycles. The zero-order valence-corrected chi connectivity index (χ0v) is 9.16.